The van der Waals surface area contributed by atoms with Gasteiger partial charge in [0.25, 0.3) is 5.69 Å². The van der Waals surface area contributed by atoms with Crippen LogP contribution in [0.2, 0.25) is 5.02 Å². The largest absolute Gasteiger partial charge is 0.462 e. The molecule has 1 rings (SSSR count). The van der Waals surface area contributed by atoms with Crippen LogP contribution in [0.5, 0.6) is 0 Å². The number of benzene rings is 1. The van der Waals surface area contributed by atoms with Crippen LogP contribution in [0.15, 0.2) is 12.1 Å². The van der Waals surface area contributed by atoms with Gasteiger partial charge in [0.1, 0.15) is 0 Å². The van der Waals surface area contributed by atoms with E-state index < -0.39 is 10.9 Å². The summed E-state index contributed by atoms with van der Waals surface area (Å²) in [6, 6.07) is 2.38. The number of nitrogens with zero attached hydrogens (tertiary/aromatic N) is 1. The van der Waals surface area contributed by atoms with Gasteiger partial charge in [-0.15, -0.1) is 0 Å². The minimum absolute atomic E-state index is 0.114. The molecule has 0 aliphatic heterocycles. The first-order chi connectivity index (χ1) is 8.01. The van der Waals surface area contributed by atoms with E-state index >= 15 is 0 Å². The first-order valence-corrected chi connectivity index (χ1v) is 6.21. The minimum atomic E-state index is -0.618. The zero-order valence-electron chi connectivity index (χ0n) is 8.91. The molecule has 0 heterocycles. The van der Waals surface area contributed by atoms with Crippen molar-refractivity contribution in [2.24, 2.45) is 0 Å². The number of nitro groups is 1. The van der Waals surface area contributed by atoms with Gasteiger partial charge in [0, 0.05) is 17.5 Å². The lowest BCUT2D eigenvalue weighted by atomic mass is 10.1. The van der Waals surface area contributed by atoms with Crippen LogP contribution in [-0.4, -0.2) is 17.5 Å². The summed E-state index contributed by atoms with van der Waals surface area (Å²) in [5.74, 6) is -0.618. The Hall–Kier alpha value is -1.14. The predicted octanol–water partition coefficient (Wildman–Crippen LogP) is 3.32. The van der Waals surface area contributed by atoms with E-state index in [1.165, 1.54) is 12.1 Å². The van der Waals surface area contributed by atoms with E-state index in [-0.39, 0.29) is 22.9 Å². The molecule has 0 saturated heterocycles. The summed E-state index contributed by atoms with van der Waals surface area (Å²) in [4.78, 5) is 21.7. The SMILES string of the molecule is CCOC(=O)c1cc([N+](=O)[O-])cc(Cl)c1CBr. The van der Waals surface area contributed by atoms with Crippen molar-refractivity contribution in [1.82, 2.24) is 0 Å². The second-order valence-electron chi connectivity index (χ2n) is 3.06. The van der Waals surface area contributed by atoms with Crippen molar-refractivity contribution in [2.45, 2.75) is 12.3 Å². The lowest BCUT2D eigenvalue weighted by Gasteiger charge is -2.08. The first kappa shape index (κ1) is 13.9. The van der Waals surface area contributed by atoms with E-state index in [2.05, 4.69) is 15.9 Å². The topological polar surface area (TPSA) is 69.4 Å². The van der Waals surface area contributed by atoms with Crippen LogP contribution in [0.25, 0.3) is 0 Å². The molecule has 0 aliphatic rings. The summed E-state index contributed by atoms with van der Waals surface area (Å²) in [6.45, 7) is 1.85. The number of ether oxygens (including phenoxy) is 1. The van der Waals surface area contributed by atoms with Gasteiger partial charge in [-0.2, -0.15) is 0 Å². The van der Waals surface area contributed by atoms with Gasteiger partial charge in [-0.3, -0.25) is 10.1 Å². The Kier molecular flexibility index (Phi) is 4.89. The normalized spacial score (nSPS) is 10.1. The van der Waals surface area contributed by atoms with Crippen molar-refractivity contribution in [3.63, 3.8) is 0 Å². The molecule has 17 heavy (non-hydrogen) atoms. The lowest BCUT2D eigenvalue weighted by molar-refractivity contribution is -0.384. The maximum Gasteiger partial charge on any atom is 0.338 e. The molecular weight excluding hydrogens is 313 g/mol. The molecule has 0 amide bonds. The molecule has 92 valence electrons. The highest BCUT2D eigenvalue weighted by Gasteiger charge is 2.20. The molecule has 5 nitrogen and oxygen atoms in total. The zero-order valence-corrected chi connectivity index (χ0v) is 11.2. The quantitative estimate of drug-likeness (QED) is 0.369. The number of carbonyl (C=O) groups excluding carboxylic acids is 1. The van der Waals surface area contributed by atoms with Crippen molar-refractivity contribution in [3.05, 3.63) is 38.4 Å². The van der Waals surface area contributed by atoms with Crippen LogP contribution in [0.1, 0.15) is 22.8 Å². The Morgan fingerprint density at radius 3 is 2.71 bits per heavy atom. The number of esters is 1. The van der Waals surface area contributed by atoms with Gasteiger partial charge in [0.2, 0.25) is 0 Å². The maximum absolute atomic E-state index is 11.6. The Labute approximate surface area is 111 Å². The van der Waals surface area contributed by atoms with E-state index in [0.29, 0.717) is 10.9 Å². The lowest BCUT2D eigenvalue weighted by Crippen LogP contribution is -2.08. The molecule has 0 bridgehead atoms. The van der Waals surface area contributed by atoms with E-state index in [4.69, 9.17) is 16.3 Å². The first-order valence-electron chi connectivity index (χ1n) is 4.71. The summed E-state index contributed by atoms with van der Waals surface area (Å²) in [6.07, 6.45) is 0. The third kappa shape index (κ3) is 3.17. The zero-order chi connectivity index (χ0) is 13.0. The average molecular weight is 323 g/mol. The number of hydrogen-bond acceptors (Lipinski definition) is 4. The molecule has 1 aromatic carbocycles. The Morgan fingerprint density at radius 2 is 2.24 bits per heavy atom. The molecule has 0 N–H and O–H groups in total. The maximum atomic E-state index is 11.6. The van der Waals surface area contributed by atoms with Crippen LogP contribution in [-0.2, 0) is 10.1 Å². The van der Waals surface area contributed by atoms with Gasteiger partial charge in [0.15, 0.2) is 0 Å². The van der Waals surface area contributed by atoms with Crippen molar-refractivity contribution in [3.8, 4) is 0 Å². The number of nitro benzene ring substituents is 1. The van der Waals surface area contributed by atoms with Crippen LogP contribution >= 0.6 is 27.5 Å². The van der Waals surface area contributed by atoms with Crippen LogP contribution in [0.3, 0.4) is 0 Å². The van der Waals surface area contributed by atoms with Gasteiger partial charge < -0.3 is 4.74 Å². The standard InChI is InChI=1S/C10H9BrClNO4/c1-2-17-10(14)7-3-6(13(15)16)4-9(12)8(7)5-11/h3-4H,2,5H2,1H3. The molecule has 7 heteroatoms. The van der Waals surface area contributed by atoms with E-state index in [9.17, 15) is 14.9 Å². The molecular formula is C10H9BrClNO4. The number of hydrogen-bond donors (Lipinski definition) is 0. The summed E-state index contributed by atoms with van der Waals surface area (Å²) in [5.41, 5.74) is 0.362. The summed E-state index contributed by atoms with van der Waals surface area (Å²) >= 11 is 9.06. The van der Waals surface area contributed by atoms with Crippen LogP contribution in [0.4, 0.5) is 5.69 Å². The summed E-state index contributed by atoms with van der Waals surface area (Å²) in [5, 5.41) is 11.2. The number of non-ortho nitro benzene ring substituents is 1. The number of rotatable bonds is 4. The molecule has 0 fully saturated rings. The molecule has 0 saturated carbocycles. The van der Waals surface area contributed by atoms with Gasteiger partial charge in [0.05, 0.1) is 22.1 Å². The molecule has 0 atom stereocenters. The molecule has 0 spiro atoms. The fraction of sp³-hybridized carbons (Fsp3) is 0.300. The van der Waals surface area contributed by atoms with E-state index in [1.807, 2.05) is 0 Å². The smallest absolute Gasteiger partial charge is 0.338 e. The highest BCUT2D eigenvalue weighted by atomic mass is 79.9. The number of halogens is 2. The second-order valence-corrected chi connectivity index (χ2v) is 4.03. The van der Waals surface area contributed by atoms with Crippen molar-refractivity contribution in [2.75, 3.05) is 6.61 Å². The van der Waals surface area contributed by atoms with Gasteiger partial charge >= 0.3 is 5.97 Å². The monoisotopic (exact) mass is 321 g/mol. The average Bonchev–Trinajstić information content (AvgIpc) is 2.28. The minimum Gasteiger partial charge on any atom is -0.462 e. The highest BCUT2D eigenvalue weighted by Crippen LogP contribution is 2.29. The molecule has 1 aromatic rings. The molecule has 0 radical (unpaired) electrons. The third-order valence-electron chi connectivity index (χ3n) is 2.02. The number of alkyl halides is 1. The van der Waals surface area contributed by atoms with Crippen molar-refractivity contribution < 1.29 is 14.5 Å². The van der Waals surface area contributed by atoms with E-state index in [1.54, 1.807) is 6.92 Å². The van der Waals surface area contributed by atoms with Gasteiger partial charge in [-0.05, 0) is 12.5 Å². The summed E-state index contributed by atoms with van der Waals surface area (Å²) in [7, 11) is 0. The fourth-order valence-electron chi connectivity index (χ4n) is 1.25. The number of carbonyl (C=O) groups is 1. The molecule has 0 aromatic heterocycles. The van der Waals surface area contributed by atoms with E-state index in [0.717, 1.165) is 0 Å². The summed E-state index contributed by atoms with van der Waals surface area (Å²) < 4.78 is 4.82. The highest BCUT2D eigenvalue weighted by molar-refractivity contribution is 9.08. The molecule has 0 unspecified atom stereocenters. The van der Waals surface area contributed by atoms with Crippen LogP contribution in [0, 0.1) is 10.1 Å². The van der Waals surface area contributed by atoms with Crippen molar-refractivity contribution in [1.29, 1.82) is 0 Å². The van der Waals surface area contributed by atoms with Crippen LogP contribution < -0.4 is 0 Å². The van der Waals surface area contributed by atoms with Crippen molar-refractivity contribution >= 4 is 39.2 Å². The Balaban J connectivity index is 3.33. The van der Waals surface area contributed by atoms with Gasteiger partial charge in [-0.1, -0.05) is 27.5 Å². The Morgan fingerprint density at radius 1 is 1.59 bits per heavy atom. The second kappa shape index (κ2) is 5.97. The predicted molar refractivity (Wildman–Crippen MR) is 66.7 cm³/mol. The third-order valence-corrected chi connectivity index (χ3v) is 2.92. The molecule has 0 aliphatic carbocycles. The van der Waals surface area contributed by atoms with Gasteiger partial charge in [-0.25, -0.2) is 4.79 Å². The fourth-order valence-corrected chi connectivity index (χ4v) is 2.30. The Bertz CT molecular complexity index is 464.